The number of aryl methyl sites for hydroxylation is 2. The van der Waals surface area contributed by atoms with E-state index in [0.717, 1.165) is 15.6 Å². The molecule has 0 fully saturated rings. The minimum Gasteiger partial charge on any atom is -0.283 e. The Bertz CT molecular complexity index is 494. The standard InChI is InChI=1S/C12H17BrClNO2S/c1-9-7-11(13)8-10(2)12(9)15-18(16,17)6-4-3-5-14/h7-8,15H,3-6H2,1-2H3. The summed E-state index contributed by atoms with van der Waals surface area (Å²) < 4.78 is 27.4. The van der Waals surface area contributed by atoms with E-state index in [1.165, 1.54) is 0 Å². The van der Waals surface area contributed by atoms with Crippen molar-refractivity contribution in [2.24, 2.45) is 0 Å². The minimum absolute atomic E-state index is 0.106. The fourth-order valence-corrected chi connectivity index (χ4v) is 3.86. The van der Waals surface area contributed by atoms with Crippen molar-refractivity contribution in [3.05, 3.63) is 27.7 Å². The molecule has 0 amide bonds. The Labute approximate surface area is 122 Å². The molecule has 0 atom stereocenters. The molecule has 18 heavy (non-hydrogen) atoms. The third-order valence-corrected chi connectivity index (χ3v) is 4.62. The maximum absolute atomic E-state index is 11.9. The molecule has 1 aromatic rings. The molecule has 1 N–H and O–H groups in total. The predicted molar refractivity (Wildman–Crippen MR) is 81.0 cm³/mol. The molecular weight excluding hydrogens is 338 g/mol. The van der Waals surface area contributed by atoms with E-state index in [-0.39, 0.29) is 5.75 Å². The van der Waals surface area contributed by atoms with Gasteiger partial charge in [-0.1, -0.05) is 15.9 Å². The molecule has 0 aliphatic rings. The highest BCUT2D eigenvalue weighted by Gasteiger charge is 2.13. The van der Waals surface area contributed by atoms with Gasteiger partial charge in [-0.25, -0.2) is 8.42 Å². The Morgan fingerprint density at radius 2 is 1.78 bits per heavy atom. The van der Waals surface area contributed by atoms with Gasteiger partial charge in [0.15, 0.2) is 0 Å². The summed E-state index contributed by atoms with van der Waals surface area (Å²) in [5.41, 5.74) is 2.48. The van der Waals surface area contributed by atoms with Gasteiger partial charge >= 0.3 is 0 Å². The molecule has 0 spiro atoms. The van der Waals surface area contributed by atoms with E-state index in [4.69, 9.17) is 11.6 Å². The Morgan fingerprint density at radius 1 is 1.22 bits per heavy atom. The van der Waals surface area contributed by atoms with Crippen molar-refractivity contribution in [2.45, 2.75) is 26.7 Å². The first kappa shape index (κ1) is 15.8. The fraction of sp³-hybridized carbons (Fsp3) is 0.500. The van der Waals surface area contributed by atoms with Crippen LogP contribution in [-0.4, -0.2) is 20.1 Å². The van der Waals surface area contributed by atoms with Crippen LogP contribution in [0, 0.1) is 13.8 Å². The van der Waals surface area contributed by atoms with E-state index in [1.54, 1.807) is 0 Å². The Kier molecular flexibility index (Phi) is 5.95. The van der Waals surface area contributed by atoms with E-state index < -0.39 is 10.0 Å². The van der Waals surface area contributed by atoms with Crippen molar-refractivity contribution >= 4 is 43.2 Å². The molecule has 0 aliphatic heterocycles. The van der Waals surface area contributed by atoms with Gasteiger partial charge in [0.05, 0.1) is 11.4 Å². The van der Waals surface area contributed by atoms with E-state index in [0.29, 0.717) is 24.4 Å². The second-order valence-electron chi connectivity index (χ2n) is 4.23. The first-order chi connectivity index (χ1) is 8.35. The van der Waals surface area contributed by atoms with Crippen molar-refractivity contribution < 1.29 is 8.42 Å². The summed E-state index contributed by atoms with van der Waals surface area (Å²) in [6.07, 6.45) is 1.29. The lowest BCUT2D eigenvalue weighted by molar-refractivity contribution is 0.598. The number of anilines is 1. The summed E-state index contributed by atoms with van der Waals surface area (Å²) in [5.74, 6) is 0.598. The Morgan fingerprint density at radius 3 is 2.28 bits per heavy atom. The molecule has 1 aromatic carbocycles. The highest BCUT2D eigenvalue weighted by atomic mass is 79.9. The van der Waals surface area contributed by atoms with Gasteiger partial charge in [-0.2, -0.15) is 0 Å². The van der Waals surface area contributed by atoms with Crippen molar-refractivity contribution in [2.75, 3.05) is 16.4 Å². The van der Waals surface area contributed by atoms with E-state index in [1.807, 2.05) is 26.0 Å². The van der Waals surface area contributed by atoms with Gasteiger partial charge in [0.25, 0.3) is 0 Å². The molecule has 102 valence electrons. The zero-order valence-corrected chi connectivity index (χ0v) is 13.6. The minimum atomic E-state index is -3.29. The van der Waals surface area contributed by atoms with Gasteiger partial charge in [-0.3, -0.25) is 4.72 Å². The van der Waals surface area contributed by atoms with Crippen LogP contribution in [0.5, 0.6) is 0 Å². The summed E-state index contributed by atoms with van der Waals surface area (Å²) >= 11 is 8.92. The SMILES string of the molecule is Cc1cc(Br)cc(C)c1NS(=O)(=O)CCCCCl. The van der Waals surface area contributed by atoms with Crippen LogP contribution in [0.1, 0.15) is 24.0 Å². The molecule has 0 saturated carbocycles. The third-order valence-electron chi connectivity index (χ3n) is 2.55. The number of nitrogens with one attached hydrogen (secondary N) is 1. The summed E-state index contributed by atoms with van der Waals surface area (Å²) in [7, 11) is -3.29. The highest BCUT2D eigenvalue weighted by molar-refractivity contribution is 9.10. The summed E-state index contributed by atoms with van der Waals surface area (Å²) in [6, 6.07) is 3.78. The van der Waals surface area contributed by atoms with Crippen molar-refractivity contribution in [1.82, 2.24) is 0 Å². The zero-order chi connectivity index (χ0) is 13.8. The van der Waals surface area contributed by atoms with E-state index in [9.17, 15) is 8.42 Å². The smallest absolute Gasteiger partial charge is 0.232 e. The van der Waals surface area contributed by atoms with Gasteiger partial charge in [-0.15, -0.1) is 11.6 Å². The second kappa shape index (κ2) is 6.78. The maximum Gasteiger partial charge on any atom is 0.232 e. The first-order valence-electron chi connectivity index (χ1n) is 5.69. The lowest BCUT2D eigenvalue weighted by Gasteiger charge is -2.13. The largest absolute Gasteiger partial charge is 0.283 e. The number of unbranched alkanes of at least 4 members (excludes halogenated alkanes) is 1. The van der Waals surface area contributed by atoms with Crippen molar-refractivity contribution in [3.8, 4) is 0 Å². The number of rotatable bonds is 6. The molecule has 1 rings (SSSR count). The number of hydrogen-bond donors (Lipinski definition) is 1. The topological polar surface area (TPSA) is 46.2 Å². The van der Waals surface area contributed by atoms with Crippen LogP contribution in [0.3, 0.4) is 0 Å². The monoisotopic (exact) mass is 353 g/mol. The van der Waals surface area contributed by atoms with Gasteiger partial charge in [0.2, 0.25) is 10.0 Å². The Hall–Kier alpha value is -0.260. The van der Waals surface area contributed by atoms with Gasteiger partial charge in [0.1, 0.15) is 0 Å². The van der Waals surface area contributed by atoms with Gasteiger partial charge in [0, 0.05) is 10.4 Å². The molecule has 0 saturated heterocycles. The number of alkyl halides is 1. The molecule has 0 radical (unpaired) electrons. The van der Waals surface area contributed by atoms with E-state index in [2.05, 4.69) is 20.7 Å². The number of hydrogen-bond acceptors (Lipinski definition) is 2. The first-order valence-corrected chi connectivity index (χ1v) is 8.67. The van der Waals surface area contributed by atoms with Crippen molar-refractivity contribution in [3.63, 3.8) is 0 Å². The average molecular weight is 355 g/mol. The van der Waals surface area contributed by atoms with Crippen LogP contribution >= 0.6 is 27.5 Å². The van der Waals surface area contributed by atoms with Crippen LogP contribution in [-0.2, 0) is 10.0 Å². The third kappa shape index (κ3) is 4.78. The molecule has 3 nitrogen and oxygen atoms in total. The lowest BCUT2D eigenvalue weighted by atomic mass is 10.1. The quantitative estimate of drug-likeness (QED) is 0.623. The van der Waals surface area contributed by atoms with Crippen LogP contribution in [0.4, 0.5) is 5.69 Å². The maximum atomic E-state index is 11.9. The highest BCUT2D eigenvalue weighted by Crippen LogP contribution is 2.26. The second-order valence-corrected chi connectivity index (χ2v) is 7.37. The Balaban J connectivity index is 2.84. The molecule has 0 heterocycles. The van der Waals surface area contributed by atoms with Crippen LogP contribution < -0.4 is 4.72 Å². The van der Waals surface area contributed by atoms with Crippen LogP contribution in [0.25, 0.3) is 0 Å². The lowest BCUT2D eigenvalue weighted by Crippen LogP contribution is -2.18. The fourth-order valence-electron chi connectivity index (χ4n) is 1.66. The number of halogens is 2. The van der Waals surface area contributed by atoms with Gasteiger partial charge in [-0.05, 0) is 49.9 Å². The molecule has 6 heteroatoms. The molecule has 0 bridgehead atoms. The summed E-state index contributed by atoms with van der Waals surface area (Å²) in [4.78, 5) is 0. The molecule has 0 unspecified atom stereocenters. The summed E-state index contributed by atoms with van der Waals surface area (Å²) in [5, 5.41) is 0. The van der Waals surface area contributed by atoms with E-state index >= 15 is 0 Å². The molecule has 0 aliphatic carbocycles. The number of sulfonamides is 1. The zero-order valence-electron chi connectivity index (χ0n) is 10.5. The number of benzene rings is 1. The average Bonchev–Trinajstić information content (AvgIpc) is 2.23. The van der Waals surface area contributed by atoms with Crippen LogP contribution in [0.2, 0.25) is 0 Å². The van der Waals surface area contributed by atoms with Crippen LogP contribution in [0.15, 0.2) is 16.6 Å². The molecular formula is C12H17BrClNO2S. The van der Waals surface area contributed by atoms with Gasteiger partial charge < -0.3 is 0 Å². The predicted octanol–water partition coefficient (Wildman–Crippen LogP) is 3.83. The van der Waals surface area contributed by atoms with Crippen molar-refractivity contribution in [1.29, 1.82) is 0 Å². The normalized spacial score (nSPS) is 11.6. The summed E-state index contributed by atoms with van der Waals surface area (Å²) in [6.45, 7) is 3.77. The molecule has 0 aromatic heterocycles.